The van der Waals surface area contributed by atoms with Gasteiger partial charge in [-0.1, -0.05) is 19.0 Å². The van der Waals surface area contributed by atoms with Gasteiger partial charge in [-0.05, 0) is 26.0 Å². The highest BCUT2D eigenvalue weighted by Crippen LogP contribution is 2.26. The summed E-state index contributed by atoms with van der Waals surface area (Å²) in [6.07, 6.45) is 0.480. The topological polar surface area (TPSA) is 78.3 Å². The fraction of sp³-hybridized carbons (Fsp3) is 0.909. The lowest BCUT2D eigenvalue weighted by molar-refractivity contribution is -0.152. The third-order valence-electron chi connectivity index (χ3n) is 2.56. The van der Waals surface area contributed by atoms with Crippen molar-refractivity contribution >= 4 is 5.97 Å². The van der Waals surface area contributed by atoms with E-state index >= 15 is 0 Å². The van der Waals surface area contributed by atoms with E-state index in [2.05, 4.69) is 10.0 Å². The normalized spacial score (nSPS) is 13.1. The monoisotopic (exact) mass is 242 g/mol. The molecule has 0 bridgehead atoms. The van der Waals surface area contributed by atoms with Gasteiger partial charge in [-0.2, -0.15) is 0 Å². The number of esters is 1. The minimum absolute atomic E-state index is 0.243. The van der Waals surface area contributed by atoms with Gasteiger partial charge in [-0.25, -0.2) is 0 Å². The van der Waals surface area contributed by atoms with E-state index in [9.17, 15) is 4.79 Å². The largest absolute Gasteiger partial charge is 0.462 e. The van der Waals surface area contributed by atoms with Crippen LogP contribution in [0.3, 0.4) is 0 Å². The van der Waals surface area contributed by atoms with Crippen molar-refractivity contribution in [2.75, 3.05) is 27.2 Å². The molecule has 0 amide bonds. The van der Waals surface area contributed by atoms with Crippen LogP contribution >= 0.6 is 0 Å². The Balaban J connectivity index is 4.63. The average Bonchev–Trinajstić information content (AvgIpc) is 2.20. The number of azide groups is 1. The van der Waals surface area contributed by atoms with Gasteiger partial charge in [0, 0.05) is 30.3 Å². The molecule has 0 aromatic rings. The van der Waals surface area contributed by atoms with Crippen molar-refractivity contribution in [1.82, 2.24) is 4.90 Å². The number of nitrogens with zero attached hydrogens (tertiary/aromatic N) is 4. The van der Waals surface area contributed by atoms with Crippen LogP contribution in [0, 0.1) is 5.41 Å². The van der Waals surface area contributed by atoms with Crippen molar-refractivity contribution in [3.63, 3.8) is 0 Å². The zero-order chi connectivity index (χ0) is 13.5. The Morgan fingerprint density at radius 3 is 2.53 bits per heavy atom. The van der Waals surface area contributed by atoms with Crippen molar-refractivity contribution in [1.29, 1.82) is 0 Å². The van der Waals surface area contributed by atoms with E-state index in [1.807, 2.05) is 32.8 Å². The van der Waals surface area contributed by atoms with Crippen LogP contribution in [0.4, 0.5) is 0 Å². The summed E-state index contributed by atoms with van der Waals surface area (Å²) in [6.45, 7) is 6.40. The first-order valence-corrected chi connectivity index (χ1v) is 5.62. The molecule has 0 aliphatic rings. The van der Waals surface area contributed by atoms with Gasteiger partial charge in [0.15, 0.2) is 0 Å². The second-order valence-electron chi connectivity index (χ2n) is 5.07. The first kappa shape index (κ1) is 15.7. The van der Waals surface area contributed by atoms with Crippen LogP contribution in [-0.2, 0) is 9.53 Å². The molecule has 17 heavy (non-hydrogen) atoms. The Morgan fingerprint density at radius 2 is 2.12 bits per heavy atom. The van der Waals surface area contributed by atoms with Gasteiger partial charge in [-0.3, -0.25) is 4.79 Å². The maximum Gasteiger partial charge on any atom is 0.302 e. The number of hydrogen-bond donors (Lipinski definition) is 0. The van der Waals surface area contributed by atoms with Crippen LogP contribution in [0.5, 0.6) is 0 Å². The molecule has 0 saturated carbocycles. The van der Waals surface area contributed by atoms with E-state index < -0.39 is 0 Å². The fourth-order valence-corrected chi connectivity index (χ4v) is 1.50. The maximum atomic E-state index is 11.1. The van der Waals surface area contributed by atoms with Crippen LogP contribution < -0.4 is 0 Å². The van der Waals surface area contributed by atoms with Gasteiger partial charge in [0.25, 0.3) is 0 Å². The summed E-state index contributed by atoms with van der Waals surface area (Å²) < 4.78 is 5.31. The Labute approximate surface area is 103 Å². The molecular weight excluding hydrogens is 220 g/mol. The maximum absolute atomic E-state index is 11.1. The SMILES string of the molecule is CC(=O)OC(CCN(C)C)C(C)(C)CN=[N+]=[N-]. The lowest BCUT2D eigenvalue weighted by Gasteiger charge is -2.33. The van der Waals surface area contributed by atoms with Crippen molar-refractivity contribution in [3.05, 3.63) is 10.4 Å². The van der Waals surface area contributed by atoms with Crippen molar-refractivity contribution in [2.45, 2.75) is 33.3 Å². The average molecular weight is 242 g/mol. The van der Waals surface area contributed by atoms with E-state index in [0.29, 0.717) is 6.54 Å². The molecule has 98 valence electrons. The summed E-state index contributed by atoms with van der Waals surface area (Å²) in [5, 5.41) is 3.57. The number of carbonyl (C=O) groups is 1. The molecule has 0 N–H and O–H groups in total. The molecule has 6 heteroatoms. The second kappa shape index (κ2) is 7.14. The molecule has 0 heterocycles. The number of rotatable bonds is 7. The van der Waals surface area contributed by atoms with Gasteiger partial charge < -0.3 is 9.64 Å². The highest BCUT2D eigenvalue weighted by atomic mass is 16.5. The fourth-order valence-electron chi connectivity index (χ4n) is 1.50. The van der Waals surface area contributed by atoms with Gasteiger partial charge in [0.2, 0.25) is 0 Å². The Morgan fingerprint density at radius 1 is 1.53 bits per heavy atom. The molecule has 1 unspecified atom stereocenters. The van der Waals surface area contributed by atoms with Gasteiger partial charge >= 0.3 is 5.97 Å². The summed E-state index contributed by atoms with van der Waals surface area (Å²) >= 11 is 0. The van der Waals surface area contributed by atoms with E-state index in [0.717, 1.165) is 13.0 Å². The second-order valence-corrected chi connectivity index (χ2v) is 5.07. The third kappa shape index (κ3) is 6.81. The highest BCUT2D eigenvalue weighted by molar-refractivity contribution is 5.66. The van der Waals surface area contributed by atoms with Crippen LogP contribution in [0.2, 0.25) is 0 Å². The Hall–Kier alpha value is -1.26. The molecule has 0 aliphatic heterocycles. The highest BCUT2D eigenvalue weighted by Gasteiger charge is 2.31. The predicted octanol–water partition coefficient (Wildman–Crippen LogP) is 2.21. The standard InChI is InChI=1S/C11H22N4O2/c1-9(16)17-10(6-7-15(4)5)11(2,3)8-13-14-12/h10H,6-8H2,1-5H3. The van der Waals surface area contributed by atoms with Crippen molar-refractivity contribution in [2.24, 2.45) is 10.5 Å². The van der Waals surface area contributed by atoms with Gasteiger partial charge in [0.05, 0.1) is 0 Å². The molecule has 0 saturated heterocycles. The molecule has 0 aliphatic carbocycles. The van der Waals surface area contributed by atoms with E-state index in [1.54, 1.807) is 0 Å². The van der Waals surface area contributed by atoms with Gasteiger partial charge in [-0.15, -0.1) is 0 Å². The van der Waals surface area contributed by atoms with Crippen molar-refractivity contribution < 1.29 is 9.53 Å². The molecule has 0 aromatic heterocycles. The summed E-state index contributed by atoms with van der Waals surface area (Å²) in [6, 6.07) is 0. The van der Waals surface area contributed by atoms with Crippen LogP contribution in [0.25, 0.3) is 10.4 Å². The molecule has 0 rings (SSSR count). The lowest BCUT2D eigenvalue weighted by atomic mass is 9.84. The first-order chi connectivity index (χ1) is 7.79. The molecule has 6 nitrogen and oxygen atoms in total. The Kier molecular flexibility index (Phi) is 6.61. The smallest absolute Gasteiger partial charge is 0.302 e. The first-order valence-electron chi connectivity index (χ1n) is 5.62. The minimum atomic E-state index is -0.353. The van der Waals surface area contributed by atoms with Crippen molar-refractivity contribution in [3.8, 4) is 0 Å². The van der Waals surface area contributed by atoms with E-state index in [-0.39, 0.29) is 17.5 Å². The molecule has 0 radical (unpaired) electrons. The summed E-state index contributed by atoms with van der Waals surface area (Å²) in [4.78, 5) is 15.9. The quantitative estimate of drug-likeness (QED) is 0.297. The zero-order valence-corrected chi connectivity index (χ0v) is 11.3. The van der Waals surface area contributed by atoms with E-state index in [1.165, 1.54) is 6.92 Å². The summed E-state index contributed by atoms with van der Waals surface area (Å²) in [5.41, 5.74) is 8.00. The van der Waals surface area contributed by atoms with Crippen LogP contribution in [0.15, 0.2) is 5.11 Å². The molecular formula is C11H22N4O2. The van der Waals surface area contributed by atoms with Crippen LogP contribution in [0.1, 0.15) is 27.2 Å². The van der Waals surface area contributed by atoms with Crippen LogP contribution in [-0.4, -0.2) is 44.2 Å². The van der Waals surface area contributed by atoms with E-state index in [4.69, 9.17) is 10.3 Å². The minimum Gasteiger partial charge on any atom is -0.462 e. The molecule has 0 aromatic carbocycles. The number of hydrogen-bond acceptors (Lipinski definition) is 4. The summed E-state index contributed by atoms with van der Waals surface area (Å²) in [7, 11) is 3.93. The number of carbonyl (C=O) groups excluding carboxylic acids is 1. The van der Waals surface area contributed by atoms with Gasteiger partial charge in [0.1, 0.15) is 6.10 Å². The summed E-state index contributed by atoms with van der Waals surface area (Å²) in [5.74, 6) is -0.303. The molecule has 0 fully saturated rings. The number of ether oxygens (including phenoxy) is 1. The molecule has 0 spiro atoms. The zero-order valence-electron chi connectivity index (χ0n) is 11.3. The lowest BCUT2D eigenvalue weighted by Crippen LogP contribution is -2.38. The predicted molar refractivity (Wildman–Crippen MR) is 66.5 cm³/mol. The molecule has 1 atom stereocenters. The Bertz CT molecular complexity index is 296. The third-order valence-corrected chi connectivity index (χ3v) is 2.56.